The van der Waals surface area contributed by atoms with Gasteiger partial charge in [0, 0.05) is 5.69 Å². The molecule has 94 valence electrons. The number of anilines is 1. The van der Waals surface area contributed by atoms with Gasteiger partial charge in [0.2, 0.25) is 5.88 Å². The molecule has 0 amide bonds. The molecule has 0 bridgehead atoms. The summed E-state index contributed by atoms with van der Waals surface area (Å²) in [7, 11) is 0. The maximum atomic E-state index is 5.79. The molecule has 0 saturated carbocycles. The first-order valence-electron chi connectivity index (χ1n) is 5.97. The Morgan fingerprint density at radius 1 is 1.00 bits per heavy atom. The first-order valence-corrected chi connectivity index (χ1v) is 5.97. The van der Waals surface area contributed by atoms with Gasteiger partial charge < -0.3 is 10.5 Å². The van der Waals surface area contributed by atoms with Crippen molar-refractivity contribution in [1.82, 2.24) is 9.97 Å². The highest BCUT2D eigenvalue weighted by Gasteiger charge is 2.06. The minimum Gasteiger partial charge on any atom is -0.438 e. The summed E-state index contributed by atoms with van der Waals surface area (Å²) >= 11 is 0. The molecular formula is C15H13N3O. The first kappa shape index (κ1) is 11.5. The number of hydrogen-bond donors (Lipinski definition) is 1. The number of fused-ring (bicyclic) bond motifs is 1. The third-order valence-corrected chi connectivity index (χ3v) is 2.86. The number of benzene rings is 2. The third-order valence-electron chi connectivity index (χ3n) is 2.86. The fourth-order valence-electron chi connectivity index (χ4n) is 1.85. The second-order valence-corrected chi connectivity index (χ2v) is 4.37. The van der Waals surface area contributed by atoms with Crippen LogP contribution >= 0.6 is 0 Å². The standard InChI is InChI=1S/C15H13N3O/c1-10-2-5-12(6-3-10)19-15-13-8-11(16)4-7-14(13)17-9-18-15/h2-9H,16H2,1H3. The molecule has 0 aliphatic carbocycles. The number of nitrogens with two attached hydrogens (primary N) is 1. The predicted octanol–water partition coefficient (Wildman–Crippen LogP) is 3.31. The number of nitrogens with zero attached hydrogens (tertiary/aromatic N) is 2. The van der Waals surface area contributed by atoms with Gasteiger partial charge in [0.1, 0.15) is 12.1 Å². The van der Waals surface area contributed by atoms with E-state index >= 15 is 0 Å². The predicted molar refractivity (Wildman–Crippen MR) is 75.2 cm³/mol. The van der Waals surface area contributed by atoms with Crippen LogP contribution in [0.5, 0.6) is 11.6 Å². The molecule has 0 aliphatic rings. The molecule has 0 spiro atoms. The van der Waals surface area contributed by atoms with Crippen molar-refractivity contribution in [2.75, 3.05) is 5.73 Å². The van der Waals surface area contributed by atoms with E-state index in [1.54, 1.807) is 0 Å². The van der Waals surface area contributed by atoms with Crippen molar-refractivity contribution in [2.24, 2.45) is 0 Å². The van der Waals surface area contributed by atoms with E-state index in [0.717, 1.165) is 16.7 Å². The van der Waals surface area contributed by atoms with E-state index in [-0.39, 0.29) is 0 Å². The van der Waals surface area contributed by atoms with Crippen LogP contribution in [0, 0.1) is 6.92 Å². The van der Waals surface area contributed by atoms with E-state index in [0.29, 0.717) is 11.6 Å². The molecule has 4 heteroatoms. The molecule has 2 aromatic carbocycles. The minimum atomic E-state index is 0.515. The summed E-state index contributed by atoms with van der Waals surface area (Å²) < 4.78 is 5.79. The Kier molecular flexibility index (Phi) is 2.76. The molecule has 4 nitrogen and oxygen atoms in total. The van der Waals surface area contributed by atoms with Crippen LogP contribution in [0.4, 0.5) is 5.69 Å². The average molecular weight is 251 g/mol. The lowest BCUT2D eigenvalue weighted by Crippen LogP contribution is -1.93. The molecule has 0 fully saturated rings. The summed E-state index contributed by atoms with van der Waals surface area (Å²) in [5.41, 5.74) is 8.45. The van der Waals surface area contributed by atoms with E-state index in [2.05, 4.69) is 9.97 Å². The van der Waals surface area contributed by atoms with E-state index in [1.165, 1.54) is 11.9 Å². The fraction of sp³-hybridized carbons (Fsp3) is 0.0667. The fourth-order valence-corrected chi connectivity index (χ4v) is 1.85. The highest BCUT2D eigenvalue weighted by molar-refractivity contribution is 5.86. The van der Waals surface area contributed by atoms with Crippen molar-refractivity contribution in [3.63, 3.8) is 0 Å². The zero-order valence-electron chi connectivity index (χ0n) is 10.5. The highest BCUT2D eigenvalue weighted by atomic mass is 16.5. The number of hydrogen-bond acceptors (Lipinski definition) is 4. The number of rotatable bonds is 2. The molecule has 0 unspecified atom stereocenters. The van der Waals surface area contributed by atoms with Crippen LogP contribution in [0.25, 0.3) is 10.9 Å². The molecule has 0 aliphatic heterocycles. The smallest absolute Gasteiger partial charge is 0.230 e. The summed E-state index contributed by atoms with van der Waals surface area (Å²) in [5, 5.41) is 0.808. The van der Waals surface area contributed by atoms with Crippen LogP contribution in [-0.4, -0.2) is 9.97 Å². The molecule has 3 aromatic rings. The van der Waals surface area contributed by atoms with Crippen molar-refractivity contribution in [1.29, 1.82) is 0 Å². The largest absolute Gasteiger partial charge is 0.438 e. The van der Waals surface area contributed by atoms with Gasteiger partial charge in [0.15, 0.2) is 0 Å². The Bertz CT molecular complexity index is 723. The van der Waals surface area contributed by atoms with Gasteiger partial charge in [-0.3, -0.25) is 0 Å². The van der Waals surface area contributed by atoms with Crippen LogP contribution in [0.15, 0.2) is 48.8 Å². The second kappa shape index (κ2) is 4.57. The van der Waals surface area contributed by atoms with Crippen molar-refractivity contribution < 1.29 is 4.74 Å². The van der Waals surface area contributed by atoms with Gasteiger partial charge in [-0.1, -0.05) is 17.7 Å². The third kappa shape index (κ3) is 2.33. The van der Waals surface area contributed by atoms with Crippen molar-refractivity contribution in [3.05, 3.63) is 54.4 Å². The van der Waals surface area contributed by atoms with Crippen molar-refractivity contribution in [3.8, 4) is 11.6 Å². The van der Waals surface area contributed by atoms with Crippen LogP contribution in [0.3, 0.4) is 0 Å². The number of nitrogen functional groups attached to an aromatic ring is 1. The Morgan fingerprint density at radius 3 is 2.58 bits per heavy atom. The summed E-state index contributed by atoms with van der Waals surface area (Å²) in [6.07, 6.45) is 1.49. The minimum absolute atomic E-state index is 0.515. The summed E-state index contributed by atoms with van der Waals surface area (Å²) in [4.78, 5) is 8.37. The monoisotopic (exact) mass is 251 g/mol. The first-order chi connectivity index (χ1) is 9.22. The zero-order chi connectivity index (χ0) is 13.2. The number of aryl methyl sites for hydroxylation is 1. The highest BCUT2D eigenvalue weighted by Crippen LogP contribution is 2.27. The van der Waals surface area contributed by atoms with Crippen LogP contribution < -0.4 is 10.5 Å². The van der Waals surface area contributed by atoms with Gasteiger partial charge in [-0.2, -0.15) is 0 Å². The van der Waals surface area contributed by atoms with Crippen molar-refractivity contribution in [2.45, 2.75) is 6.92 Å². The molecule has 0 atom stereocenters. The Balaban J connectivity index is 2.05. The second-order valence-electron chi connectivity index (χ2n) is 4.37. The normalized spacial score (nSPS) is 10.6. The maximum Gasteiger partial charge on any atom is 0.230 e. The average Bonchev–Trinajstić information content (AvgIpc) is 2.42. The van der Waals surface area contributed by atoms with E-state index in [9.17, 15) is 0 Å². The molecule has 3 rings (SSSR count). The Labute approximate surface area is 110 Å². The SMILES string of the molecule is Cc1ccc(Oc2ncnc3ccc(N)cc23)cc1. The summed E-state index contributed by atoms with van der Waals surface area (Å²) in [6, 6.07) is 13.3. The lowest BCUT2D eigenvalue weighted by Gasteiger charge is -2.07. The molecule has 1 heterocycles. The van der Waals surface area contributed by atoms with Gasteiger partial charge >= 0.3 is 0 Å². The molecule has 0 saturated heterocycles. The lowest BCUT2D eigenvalue weighted by molar-refractivity contribution is 0.468. The van der Waals surface area contributed by atoms with E-state index in [1.807, 2.05) is 49.4 Å². The quantitative estimate of drug-likeness (QED) is 0.710. The van der Waals surface area contributed by atoms with E-state index < -0.39 is 0 Å². The van der Waals surface area contributed by atoms with Gasteiger partial charge in [0.05, 0.1) is 10.9 Å². The summed E-state index contributed by atoms with van der Waals surface area (Å²) in [5.74, 6) is 1.26. The molecular weight excluding hydrogens is 238 g/mol. The van der Waals surface area contributed by atoms with Gasteiger partial charge in [0.25, 0.3) is 0 Å². The zero-order valence-corrected chi connectivity index (χ0v) is 10.5. The summed E-state index contributed by atoms with van der Waals surface area (Å²) in [6.45, 7) is 2.03. The molecule has 19 heavy (non-hydrogen) atoms. The maximum absolute atomic E-state index is 5.79. The Hall–Kier alpha value is -2.62. The topological polar surface area (TPSA) is 61.0 Å². The number of ether oxygens (including phenoxy) is 1. The molecule has 0 radical (unpaired) electrons. The van der Waals surface area contributed by atoms with Crippen LogP contribution in [0.2, 0.25) is 0 Å². The Morgan fingerprint density at radius 2 is 1.79 bits per heavy atom. The van der Waals surface area contributed by atoms with Gasteiger partial charge in [-0.15, -0.1) is 0 Å². The molecule has 2 N–H and O–H groups in total. The number of aromatic nitrogens is 2. The molecule has 1 aromatic heterocycles. The van der Waals surface area contributed by atoms with Crippen molar-refractivity contribution >= 4 is 16.6 Å². The van der Waals surface area contributed by atoms with Crippen LogP contribution in [-0.2, 0) is 0 Å². The van der Waals surface area contributed by atoms with Gasteiger partial charge in [-0.25, -0.2) is 9.97 Å². The van der Waals surface area contributed by atoms with Crippen LogP contribution in [0.1, 0.15) is 5.56 Å². The lowest BCUT2D eigenvalue weighted by atomic mass is 10.2. The van der Waals surface area contributed by atoms with Gasteiger partial charge in [-0.05, 0) is 37.3 Å². The van der Waals surface area contributed by atoms with E-state index in [4.69, 9.17) is 10.5 Å².